The van der Waals surface area contributed by atoms with Crippen LogP contribution in [-0.2, 0) is 13.0 Å². The van der Waals surface area contributed by atoms with Crippen LogP contribution >= 0.6 is 27.5 Å². The van der Waals surface area contributed by atoms with Gasteiger partial charge in [0.2, 0.25) is 0 Å². The summed E-state index contributed by atoms with van der Waals surface area (Å²) in [4.78, 5) is 12.5. The van der Waals surface area contributed by atoms with Crippen LogP contribution in [0.3, 0.4) is 0 Å². The van der Waals surface area contributed by atoms with Crippen molar-refractivity contribution in [2.45, 2.75) is 13.0 Å². The minimum Gasteiger partial charge on any atom is -0.321 e. The van der Waals surface area contributed by atoms with Crippen LogP contribution in [0.4, 0.5) is 5.69 Å². The lowest BCUT2D eigenvalue weighted by molar-refractivity contribution is 0.102. The monoisotopic (exact) mass is 364 g/mol. The lowest BCUT2D eigenvalue weighted by atomic mass is 9.95. The number of carbonyl (C=O) groups is 1. The van der Waals surface area contributed by atoms with Gasteiger partial charge in [-0.2, -0.15) is 0 Å². The molecule has 0 fully saturated rings. The number of halogens is 2. The average Bonchev–Trinajstić information content (AvgIpc) is 2.49. The zero-order chi connectivity index (χ0) is 14.8. The van der Waals surface area contributed by atoms with Crippen LogP contribution in [-0.4, -0.2) is 12.5 Å². The SMILES string of the molecule is O=C(Nc1ccc(Br)cc1Cl)c1cccc2c1CCNC2. The molecule has 0 spiro atoms. The first-order valence-corrected chi connectivity index (χ1v) is 7.90. The lowest BCUT2D eigenvalue weighted by Crippen LogP contribution is -2.26. The van der Waals surface area contributed by atoms with E-state index in [-0.39, 0.29) is 5.91 Å². The van der Waals surface area contributed by atoms with Crippen molar-refractivity contribution in [2.75, 3.05) is 11.9 Å². The minimum atomic E-state index is -0.113. The topological polar surface area (TPSA) is 41.1 Å². The van der Waals surface area contributed by atoms with Crippen LogP contribution < -0.4 is 10.6 Å². The number of nitrogens with one attached hydrogen (secondary N) is 2. The summed E-state index contributed by atoms with van der Waals surface area (Å²) in [5.74, 6) is -0.113. The summed E-state index contributed by atoms with van der Waals surface area (Å²) in [7, 11) is 0. The molecule has 1 heterocycles. The molecule has 0 saturated carbocycles. The Morgan fingerprint density at radius 1 is 1.29 bits per heavy atom. The van der Waals surface area contributed by atoms with E-state index in [1.54, 1.807) is 12.1 Å². The lowest BCUT2D eigenvalue weighted by Gasteiger charge is -2.20. The van der Waals surface area contributed by atoms with Gasteiger partial charge in [-0.1, -0.05) is 39.7 Å². The van der Waals surface area contributed by atoms with Crippen molar-refractivity contribution in [2.24, 2.45) is 0 Å². The molecule has 0 aromatic heterocycles. The van der Waals surface area contributed by atoms with Gasteiger partial charge in [-0.25, -0.2) is 0 Å². The third-order valence-corrected chi connectivity index (χ3v) is 4.37. The van der Waals surface area contributed by atoms with Crippen molar-refractivity contribution in [1.29, 1.82) is 0 Å². The van der Waals surface area contributed by atoms with Crippen LogP contribution in [0.5, 0.6) is 0 Å². The molecule has 21 heavy (non-hydrogen) atoms. The van der Waals surface area contributed by atoms with Gasteiger partial charge in [-0.3, -0.25) is 4.79 Å². The van der Waals surface area contributed by atoms with E-state index in [2.05, 4.69) is 32.6 Å². The molecule has 3 nitrogen and oxygen atoms in total. The van der Waals surface area contributed by atoms with Crippen LogP contribution in [0.1, 0.15) is 21.5 Å². The Bertz CT molecular complexity index is 703. The van der Waals surface area contributed by atoms with E-state index in [1.165, 1.54) is 5.56 Å². The average molecular weight is 366 g/mol. The molecule has 0 saturated heterocycles. The van der Waals surface area contributed by atoms with Gasteiger partial charge in [0, 0.05) is 16.6 Å². The first kappa shape index (κ1) is 14.6. The molecule has 1 aliphatic heterocycles. The zero-order valence-electron chi connectivity index (χ0n) is 11.2. The first-order valence-electron chi connectivity index (χ1n) is 6.73. The van der Waals surface area contributed by atoms with Gasteiger partial charge in [0.15, 0.2) is 0 Å². The molecule has 1 aliphatic rings. The molecule has 5 heteroatoms. The second-order valence-corrected chi connectivity index (χ2v) is 6.27. The van der Waals surface area contributed by atoms with Gasteiger partial charge in [-0.05, 0) is 48.4 Å². The van der Waals surface area contributed by atoms with Crippen molar-refractivity contribution >= 4 is 39.1 Å². The van der Waals surface area contributed by atoms with Crippen LogP contribution in [0.2, 0.25) is 5.02 Å². The molecule has 2 aromatic rings. The van der Waals surface area contributed by atoms with Crippen molar-refractivity contribution in [3.05, 3.63) is 62.6 Å². The van der Waals surface area contributed by atoms with E-state index < -0.39 is 0 Å². The van der Waals surface area contributed by atoms with Gasteiger partial charge in [0.05, 0.1) is 10.7 Å². The molecule has 2 N–H and O–H groups in total. The standard InChI is InChI=1S/C16H14BrClN2O/c17-11-4-5-15(14(18)8-11)20-16(21)13-3-1-2-10-9-19-7-6-12(10)13/h1-5,8,19H,6-7,9H2,(H,20,21). The number of benzene rings is 2. The smallest absolute Gasteiger partial charge is 0.255 e. The number of anilines is 1. The van der Waals surface area contributed by atoms with Gasteiger partial charge in [-0.15, -0.1) is 0 Å². The van der Waals surface area contributed by atoms with Gasteiger partial charge in [0.25, 0.3) is 5.91 Å². The molecule has 0 radical (unpaired) electrons. The third-order valence-electron chi connectivity index (χ3n) is 3.56. The van der Waals surface area contributed by atoms with Crippen LogP contribution in [0, 0.1) is 0 Å². The molecule has 0 aliphatic carbocycles. The Kier molecular flexibility index (Phi) is 4.29. The van der Waals surface area contributed by atoms with Crippen LogP contribution in [0.25, 0.3) is 0 Å². The molecule has 108 valence electrons. The van der Waals surface area contributed by atoms with Crippen molar-refractivity contribution < 1.29 is 4.79 Å². The molecular formula is C16H14BrClN2O. The number of fused-ring (bicyclic) bond motifs is 1. The van der Waals surface area contributed by atoms with E-state index in [1.807, 2.05) is 18.2 Å². The predicted octanol–water partition coefficient (Wildman–Crippen LogP) is 4.00. The molecular weight excluding hydrogens is 352 g/mol. The van der Waals surface area contributed by atoms with Gasteiger partial charge < -0.3 is 10.6 Å². The highest BCUT2D eigenvalue weighted by Crippen LogP contribution is 2.27. The Balaban J connectivity index is 1.89. The maximum atomic E-state index is 12.5. The molecule has 0 atom stereocenters. The second kappa shape index (κ2) is 6.18. The number of carbonyl (C=O) groups excluding carboxylic acids is 1. The summed E-state index contributed by atoms with van der Waals surface area (Å²) in [5, 5.41) is 6.72. The first-order chi connectivity index (χ1) is 10.1. The molecule has 1 amide bonds. The third kappa shape index (κ3) is 3.12. The Labute approximate surface area is 136 Å². The van der Waals surface area contributed by atoms with Gasteiger partial charge >= 0.3 is 0 Å². The summed E-state index contributed by atoms with van der Waals surface area (Å²) >= 11 is 9.50. The minimum absolute atomic E-state index is 0.113. The molecule has 0 unspecified atom stereocenters. The number of rotatable bonds is 2. The fourth-order valence-corrected chi connectivity index (χ4v) is 3.25. The highest BCUT2D eigenvalue weighted by atomic mass is 79.9. The predicted molar refractivity (Wildman–Crippen MR) is 89.0 cm³/mol. The van der Waals surface area contributed by atoms with Gasteiger partial charge in [0.1, 0.15) is 0 Å². The van der Waals surface area contributed by atoms with E-state index in [0.717, 1.165) is 35.1 Å². The van der Waals surface area contributed by atoms with E-state index in [0.29, 0.717) is 10.7 Å². The van der Waals surface area contributed by atoms with Crippen molar-refractivity contribution in [3.63, 3.8) is 0 Å². The number of hydrogen-bond donors (Lipinski definition) is 2. The van der Waals surface area contributed by atoms with Crippen LogP contribution in [0.15, 0.2) is 40.9 Å². The highest BCUT2D eigenvalue weighted by molar-refractivity contribution is 9.10. The van der Waals surface area contributed by atoms with Crippen molar-refractivity contribution in [3.8, 4) is 0 Å². The normalized spacial score (nSPS) is 13.6. The summed E-state index contributed by atoms with van der Waals surface area (Å²) < 4.78 is 0.883. The number of amides is 1. The van der Waals surface area contributed by atoms with E-state index in [4.69, 9.17) is 11.6 Å². The van der Waals surface area contributed by atoms with E-state index in [9.17, 15) is 4.79 Å². The maximum absolute atomic E-state index is 12.5. The Morgan fingerprint density at radius 2 is 2.14 bits per heavy atom. The second-order valence-electron chi connectivity index (χ2n) is 4.95. The zero-order valence-corrected chi connectivity index (χ0v) is 13.6. The molecule has 0 bridgehead atoms. The largest absolute Gasteiger partial charge is 0.321 e. The Hall–Kier alpha value is -1.36. The summed E-state index contributed by atoms with van der Waals surface area (Å²) in [6.45, 7) is 1.71. The highest BCUT2D eigenvalue weighted by Gasteiger charge is 2.17. The fourth-order valence-electron chi connectivity index (χ4n) is 2.53. The maximum Gasteiger partial charge on any atom is 0.255 e. The summed E-state index contributed by atoms with van der Waals surface area (Å²) in [5.41, 5.74) is 3.67. The summed E-state index contributed by atoms with van der Waals surface area (Å²) in [6.07, 6.45) is 0.868. The Morgan fingerprint density at radius 3 is 2.95 bits per heavy atom. The fraction of sp³-hybridized carbons (Fsp3) is 0.188. The quantitative estimate of drug-likeness (QED) is 0.844. The summed E-state index contributed by atoms with van der Waals surface area (Å²) in [6, 6.07) is 11.3. The molecule has 2 aromatic carbocycles. The van der Waals surface area contributed by atoms with Crippen molar-refractivity contribution in [1.82, 2.24) is 5.32 Å². The number of hydrogen-bond acceptors (Lipinski definition) is 2. The van der Waals surface area contributed by atoms with E-state index >= 15 is 0 Å². The molecule has 3 rings (SSSR count).